The standard InChI is InChI=1S/C11H20N4O2S/c1-14-6-3-7-15(2)9-4-5-11(10(12)8-9)18(13,16)17/h4-5,8,14H,3,6-7,12H2,1-2H3,(H2,13,16,17). The first kappa shape index (κ1) is 14.7. The van der Waals surface area contributed by atoms with Crippen molar-refractivity contribution in [1.82, 2.24) is 5.32 Å². The molecule has 0 amide bonds. The van der Waals surface area contributed by atoms with Crippen molar-refractivity contribution >= 4 is 21.4 Å². The van der Waals surface area contributed by atoms with Gasteiger partial charge in [0.25, 0.3) is 0 Å². The van der Waals surface area contributed by atoms with Gasteiger partial charge in [0.2, 0.25) is 10.0 Å². The fraction of sp³-hybridized carbons (Fsp3) is 0.455. The average molecular weight is 272 g/mol. The molecular weight excluding hydrogens is 252 g/mol. The smallest absolute Gasteiger partial charge is 0.240 e. The van der Waals surface area contributed by atoms with Gasteiger partial charge in [-0.05, 0) is 38.2 Å². The van der Waals surface area contributed by atoms with Gasteiger partial charge in [-0.3, -0.25) is 0 Å². The van der Waals surface area contributed by atoms with Crippen molar-refractivity contribution in [3.8, 4) is 0 Å². The molecule has 1 aromatic carbocycles. The second kappa shape index (κ2) is 6.03. The van der Waals surface area contributed by atoms with E-state index in [1.807, 2.05) is 19.0 Å². The van der Waals surface area contributed by atoms with Crippen molar-refractivity contribution in [2.75, 3.05) is 37.8 Å². The molecule has 0 atom stereocenters. The molecular formula is C11H20N4O2S. The number of rotatable bonds is 6. The summed E-state index contributed by atoms with van der Waals surface area (Å²) in [5.41, 5.74) is 6.75. The van der Waals surface area contributed by atoms with Crippen LogP contribution >= 0.6 is 0 Å². The number of hydrogen-bond donors (Lipinski definition) is 3. The van der Waals surface area contributed by atoms with Crippen molar-refractivity contribution in [3.05, 3.63) is 18.2 Å². The summed E-state index contributed by atoms with van der Waals surface area (Å²) < 4.78 is 22.4. The molecule has 0 radical (unpaired) electrons. The number of hydrogen-bond acceptors (Lipinski definition) is 5. The number of sulfonamides is 1. The van der Waals surface area contributed by atoms with Gasteiger partial charge in [0.1, 0.15) is 4.90 Å². The molecule has 1 rings (SSSR count). The summed E-state index contributed by atoms with van der Waals surface area (Å²) in [4.78, 5) is 1.98. The molecule has 0 bridgehead atoms. The zero-order valence-corrected chi connectivity index (χ0v) is 11.5. The normalized spacial score (nSPS) is 11.5. The van der Waals surface area contributed by atoms with E-state index in [9.17, 15) is 8.42 Å². The molecule has 5 N–H and O–H groups in total. The molecule has 0 fully saturated rings. The molecule has 0 saturated carbocycles. The number of anilines is 2. The van der Waals surface area contributed by atoms with E-state index in [2.05, 4.69) is 5.32 Å². The molecule has 7 heteroatoms. The second-order valence-corrected chi connectivity index (χ2v) is 5.68. The van der Waals surface area contributed by atoms with E-state index < -0.39 is 10.0 Å². The first-order valence-corrected chi connectivity index (χ1v) is 7.19. The second-order valence-electron chi connectivity index (χ2n) is 4.15. The van der Waals surface area contributed by atoms with Gasteiger partial charge in [-0.2, -0.15) is 0 Å². The van der Waals surface area contributed by atoms with Crippen LogP contribution < -0.4 is 21.1 Å². The minimum absolute atomic E-state index is 0.0325. The van der Waals surface area contributed by atoms with Gasteiger partial charge in [0.05, 0.1) is 5.69 Å². The van der Waals surface area contributed by atoms with Crippen LogP contribution in [0, 0.1) is 0 Å². The first-order valence-electron chi connectivity index (χ1n) is 5.64. The van der Waals surface area contributed by atoms with Gasteiger partial charge in [-0.15, -0.1) is 0 Å². The zero-order valence-electron chi connectivity index (χ0n) is 10.7. The highest BCUT2D eigenvalue weighted by Gasteiger charge is 2.13. The predicted octanol–water partition coefficient (Wildman–Crippen LogP) is -0.0381. The number of benzene rings is 1. The molecule has 0 unspecified atom stereocenters. The molecule has 0 heterocycles. The number of nitrogens with one attached hydrogen (secondary N) is 1. The third-order valence-corrected chi connectivity index (χ3v) is 3.65. The SMILES string of the molecule is CNCCCN(C)c1ccc(S(N)(=O)=O)c(N)c1. The summed E-state index contributed by atoms with van der Waals surface area (Å²) in [6.07, 6.45) is 0.990. The van der Waals surface area contributed by atoms with Gasteiger partial charge in [0, 0.05) is 19.3 Å². The maximum absolute atomic E-state index is 11.2. The Bertz CT molecular complexity index is 502. The van der Waals surface area contributed by atoms with Crippen LogP contribution in [0.1, 0.15) is 6.42 Å². The van der Waals surface area contributed by atoms with Crippen LogP contribution in [0.2, 0.25) is 0 Å². The number of primary sulfonamides is 1. The average Bonchev–Trinajstić information content (AvgIpc) is 2.27. The molecule has 6 nitrogen and oxygen atoms in total. The monoisotopic (exact) mass is 272 g/mol. The minimum atomic E-state index is -3.75. The van der Waals surface area contributed by atoms with Crippen molar-refractivity contribution in [2.24, 2.45) is 5.14 Å². The number of nitrogen functional groups attached to an aromatic ring is 1. The minimum Gasteiger partial charge on any atom is -0.398 e. The topological polar surface area (TPSA) is 101 Å². The summed E-state index contributed by atoms with van der Waals surface area (Å²) in [6, 6.07) is 4.77. The number of nitrogens with zero attached hydrogens (tertiary/aromatic N) is 1. The molecule has 0 aliphatic rings. The third-order valence-electron chi connectivity index (χ3n) is 2.66. The molecule has 0 aromatic heterocycles. The Hall–Kier alpha value is -1.31. The van der Waals surface area contributed by atoms with Gasteiger partial charge < -0.3 is 16.0 Å². The summed E-state index contributed by atoms with van der Waals surface area (Å²) in [7, 11) is 0.0829. The highest BCUT2D eigenvalue weighted by molar-refractivity contribution is 7.89. The lowest BCUT2D eigenvalue weighted by Gasteiger charge is -2.20. The molecule has 0 saturated heterocycles. The quantitative estimate of drug-likeness (QED) is 0.498. The van der Waals surface area contributed by atoms with E-state index in [4.69, 9.17) is 10.9 Å². The van der Waals surface area contributed by atoms with Crippen molar-refractivity contribution < 1.29 is 8.42 Å². The molecule has 0 aliphatic heterocycles. The molecule has 1 aromatic rings. The fourth-order valence-electron chi connectivity index (χ4n) is 1.65. The van der Waals surface area contributed by atoms with E-state index in [-0.39, 0.29) is 10.6 Å². The third kappa shape index (κ3) is 3.86. The predicted molar refractivity (Wildman–Crippen MR) is 74.0 cm³/mol. The molecule has 18 heavy (non-hydrogen) atoms. The maximum atomic E-state index is 11.2. The van der Waals surface area contributed by atoms with Gasteiger partial charge in [-0.1, -0.05) is 0 Å². The largest absolute Gasteiger partial charge is 0.398 e. The lowest BCUT2D eigenvalue weighted by atomic mass is 10.2. The lowest BCUT2D eigenvalue weighted by Crippen LogP contribution is -2.22. The summed E-state index contributed by atoms with van der Waals surface area (Å²) in [6.45, 7) is 1.78. The van der Waals surface area contributed by atoms with Crippen LogP contribution in [0.4, 0.5) is 11.4 Å². The first-order chi connectivity index (χ1) is 8.36. The van der Waals surface area contributed by atoms with Crippen LogP contribution in [-0.2, 0) is 10.0 Å². The molecule has 0 spiro atoms. The summed E-state index contributed by atoms with van der Waals surface area (Å²) in [5.74, 6) is 0. The Morgan fingerprint density at radius 3 is 2.56 bits per heavy atom. The van der Waals surface area contributed by atoms with Gasteiger partial charge in [0.15, 0.2) is 0 Å². The molecule has 0 aliphatic carbocycles. The fourth-order valence-corrected chi connectivity index (χ4v) is 2.30. The van der Waals surface area contributed by atoms with E-state index in [1.54, 1.807) is 12.1 Å². The maximum Gasteiger partial charge on any atom is 0.240 e. The van der Waals surface area contributed by atoms with E-state index in [1.165, 1.54) is 6.07 Å². The molecule has 102 valence electrons. The van der Waals surface area contributed by atoms with Gasteiger partial charge >= 0.3 is 0 Å². The van der Waals surface area contributed by atoms with Crippen molar-refractivity contribution in [3.63, 3.8) is 0 Å². The summed E-state index contributed by atoms with van der Waals surface area (Å²) >= 11 is 0. The highest BCUT2D eigenvalue weighted by Crippen LogP contribution is 2.23. The van der Waals surface area contributed by atoms with Crippen LogP contribution in [0.5, 0.6) is 0 Å². The summed E-state index contributed by atoms with van der Waals surface area (Å²) in [5, 5.41) is 8.12. The van der Waals surface area contributed by atoms with Crippen LogP contribution in [0.15, 0.2) is 23.1 Å². The highest BCUT2D eigenvalue weighted by atomic mass is 32.2. The van der Waals surface area contributed by atoms with Crippen molar-refractivity contribution in [2.45, 2.75) is 11.3 Å². The lowest BCUT2D eigenvalue weighted by molar-refractivity contribution is 0.598. The van der Waals surface area contributed by atoms with E-state index in [0.717, 1.165) is 25.2 Å². The Balaban J connectivity index is 2.84. The number of nitrogens with two attached hydrogens (primary N) is 2. The Morgan fingerprint density at radius 2 is 2.06 bits per heavy atom. The van der Waals surface area contributed by atoms with E-state index in [0.29, 0.717) is 0 Å². The van der Waals surface area contributed by atoms with E-state index >= 15 is 0 Å². The Morgan fingerprint density at radius 1 is 1.39 bits per heavy atom. The van der Waals surface area contributed by atoms with Crippen LogP contribution in [0.25, 0.3) is 0 Å². The van der Waals surface area contributed by atoms with Gasteiger partial charge in [-0.25, -0.2) is 13.6 Å². The van der Waals surface area contributed by atoms with Crippen LogP contribution in [-0.4, -0.2) is 35.6 Å². The Labute approximate surface area is 108 Å². The zero-order chi connectivity index (χ0) is 13.8. The van der Waals surface area contributed by atoms with Crippen molar-refractivity contribution in [1.29, 1.82) is 0 Å². The Kier molecular flexibility index (Phi) is 4.94. The van der Waals surface area contributed by atoms with Crippen LogP contribution in [0.3, 0.4) is 0 Å².